The number of ketones is 1. The highest BCUT2D eigenvalue weighted by molar-refractivity contribution is 8.20. The Morgan fingerprint density at radius 1 is 0.314 bits per heavy atom. The summed E-state index contributed by atoms with van der Waals surface area (Å²) in [6.07, 6.45) is 5.72. The van der Waals surface area contributed by atoms with Gasteiger partial charge >= 0.3 is 18.1 Å². The minimum atomic E-state index is -0.221. The van der Waals surface area contributed by atoms with E-state index in [4.69, 9.17) is 43.8 Å². The number of Topliss-reactive ketones (excluding diaryl/α,β-unsaturated/α-hetero) is 1. The standard InChI is InChI=1S/C50H46N4O4S2.C47H42N4O2S2.CO2/c1-35(55)13-14-36-15-24-42(25-16-36)53(40-9-5-3-6-10-40)44-28-20-38(21-29-44)47-51-49-50(59-47)52-48(60-49)39-22-30-45(31-23-39)54(41-11-7-4-8-12-41)43-26-17-37(18-27-43)19-32-46(56)58-34-33-57-2;1-3-10-33-15-24-39(25-16-33)50(37-11-6-4-7-12-37)41-28-20-35(21-29-41)44-48-46-47(54-44)49-45(55-46)36-22-30-42(31-23-36)51(38-13-8-5-9-14-38)40-26-17-34(18-27-40)19-32-43(52)53-2;2-1-3/h3-12,15-18,20-31,49-50H,13-14,19,32-34H2,1-2H3;4-9,11-18,20-31,46-47H,3,10,19,32H2,1-2H3;. The van der Waals surface area contributed by atoms with Crippen LogP contribution in [-0.4, -0.2) is 93.0 Å². The topological polar surface area (TPSA) is 175 Å². The Labute approximate surface area is 706 Å². The Balaban J connectivity index is 0.000000188. The molecule has 592 valence electrons. The lowest BCUT2D eigenvalue weighted by Crippen LogP contribution is -2.11. The minimum Gasteiger partial charge on any atom is -0.469 e. The first kappa shape index (κ1) is 82.4. The number of aliphatic imine (C=N–C) groups is 4. The van der Waals surface area contributed by atoms with E-state index in [1.54, 1.807) is 61.1 Å². The molecule has 0 radical (unpaired) electrons. The van der Waals surface area contributed by atoms with E-state index in [2.05, 4.69) is 312 Å². The van der Waals surface area contributed by atoms with Crippen LogP contribution in [0.2, 0.25) is 0 Å². The Morgan fingerprint density at radius 3 is 0.780 bits per heavy atom. The number of carbonyl (C=O) groups excluding carboxylic acids is 5. The van der Waals surface area contributed by atoms with Gasteiger partial charge in [-0.15, -0.1) is 0 Å². The monoisotopic (exact) mass is 1630 g/mol. The van der Waals surface area contributed by atoms with Crippen molar-refractivity contribution in [3.8, 4) is 0 Å². The molecule has 0 saturated carbocycles. The summed E-state index contributed by atoms with van der Waals surface area (Å²) in [5, 5.41) is 4.22. The molecule has 4 atom stereocenters. The molecule has 0 fully saturated rings. The van der Waals surface area contributed by atoms with E-state index < -0.39 is 0 Å². The van der Waals surface area contributed by atoms with E-state index in [9.17, 15) is 14.4 Å². The number of aryl methyl sites for hydroxylation is 4. The van der Waals surface area contributed by atoms with Crippen LogP contribution in [0.4, 0.5) is 68.2 Å². The Kier molecular flexibility index (Phi) is 28.4. The van der Waals surface area contributed by atoms with Crippen LogP contribution in [-0.2, 0) is 63.9 Å². The van der Waals surface area contributed by atoms with Crippen molar-refractivity contribution in [1.82, 2.24) is 0 Å². The van der Waals surface area contributed by atoms with E-state index in [0.29, 0.717) is 38.7 Å². The lowest BCUT2D eigenvalue weighted by atomic mass is 10.1. The van der Waals surface area contributed by atoms with Crippen LogP contribution < -0.4 is 19.6 Å². The predicted molar refractivity (Wildman–Crippen MR) is 486 cm³/mol. The lowest BCUT2D eigenvalue weighted by Gasteiger charge is -2.26. The van der Waals surface area contributed by atoms with Crippen LogP contribution in [0.5, 0.6) is 0 Å². The summed E-state index contributed by atoms with van der Waals surface area (Å²) >= 11 is 6.94. The molecule has 0 aliphatic carbocycles. The van der Waals surface area contributed by atoms with Crippen LogP contribution in [0, 0.1) is 0 Å². The van der Waals surface area contributed by atoms with Crippen LogP contribution in [0.3, 0.4) is 0 Å². The zero-order valence-electron chi connectivity index (χ0n) is 65.9. The fourth-order valence-electron chi connectivity index (χ4n) is 14.1. The van der Waals surface area contributed by atoms with Gasteiger partial charge in [-0.1, -0.05) is 230 Å². The number of rotatable bonds is 30. The summed E-state index contributed by atoms with van der Waals surface area (Å²) in [5.74, 6) is -0.215. The van der Waals surface area contributed by atoms with Gasteiger partial charge in [0.1, 0.15) is 54.1 Å². The van der Waals surface area contributed by atoms with Crippen molar-refractivity contribution in [3.63, 3.8) is 0 Å². The molecule has 4 aliphatic rings. The average Bonchev–Trinajstić information content (AvgIpc) is 1.60. The molecule has 12 aromatic carbocycles. The van der Waals surface area contributed by atoms with Gasteiger partial charge in [0.25, 0.3) is 0 Å². The number of anilines is 12. The van der Waals surface area contributed by atoms with Crippen molar-refractivity contribution in [2.45, 2.75) is 86.7 Å². The zero-order valence-corrected chi connectivity index (χ0v) is 69.1. The molecule has 0 bridgehead atoms. The van der Waals surface area contributed by atoms with Crippen LogP contribution in [0.1, 0.15) is 84.0 Å². The highest BCUT2D eigenvalue weighted by Gasteiger charge is 2.39. The second-order valence-corrected chi connectivity index (χ2v) is 32.6. The van der Waals surface area contributed by atoms with Crippen molar-refractivity contribution < 1.29 is 38.2 Å². The van der Waals surface area contributed by atoms with Gasteiger partial charge in [-0.2, -0.15) is 9.59 Å². The molecule has 20 heteroatoms. The first-order chi connectivity index (χ1) is 57.9. The number of carbonyl (C=O) groups is 3. The van der Waals surface area contributed by atoms with E-state index in [0.717, 1.165) is 147 Å². The molecule has 0 N–H and O–H groups in total. The van der Waals surface area contributed by atoms with Crippen molar-refractivity contribution >= 4 is 159 Å². The van der Waals surface area contributed by atoms with Gasteiger partial charge in [0.2, 0.25) is 0 Å². The van der Waals surface area contributed by atoms with Crippen LogP contribution in [0.25, 0.3) is 0 Å². The second kappa shape index (κ2) is 40.6. The Hall–Kier alpha value is -12.1. The fraction of sp³-hybridized carbons (Fsp3) is 0.184. The van der Waals surface area contributed by atoms with E-state index in [1.165, 1.54) is 12.7 Å². The lowest BCUT2D eigenvalue weighted by molar-refractivity contribution is -0.191. The molecular weight excluding hydrogens is 1550 g/mol. The van der Waals surface area contributed by atoms with E-state index in [-0.39, 0.29) is 52.0 Å². The van der Waals surface area contributed by atoms with Gasteiger partial charge in [0.05, 0.1) is 13.7 Å². The Morgan fingerprint density at radius 2 is 0.542 bits per heavy atom. The fourth-order valence-corrected chi connectivity index (χ4v) is 19.1. The number of fused-ring (bicyclic) bond motifs is 2. The Bertz CT molecular complexity index is 5520. The van der Waals surface area contributed by atoms with E-state index >= 15 is 0 Å². The number of methoxy groups -OCH3 is 2. The van der Waals surface area contributed by atoms with Gasteiger partial charge in [-0.05, 0) is 200 Å². The molecule has 4 heterocycles. The first-order valence-electron chi connectivity index (χ1n) is 39.3. The molecule has 0 amide bonds. The number of hydrogen-bond donors (Lipinski definition) is 0. The summed E-state index contributed by atoms with van der Waals surface area (Å²) in [4.78, 5) is 81.2. The van der Waals surface area contributed by atoms with Crippen molar-refractivity contribution in [2.24, 2.45) is 20.0 Å². The van der Waals surface area contributed by atoms with Crippen LogP contribution in [0.15, 0.2) is 335 Å². The highest BCUT2D eigenvalue weighted by Crippen LogP contribution is 2.48. The molecule has 4 unspecified atom stereocenters. The van der Waals surface area contributed by atoms with Gasteiger partial charge in [-0.3, -0.25) is 29.6 Å². The number of esters is 2. The highest BCUT2D eigenvalue weighted by atomic mass is 32.2. The number of benzene rings is 12. The maximum absolute atomic E-state index is 12.1. The SMILES string of the molecule is CCCc1ccc(N(c2ccccc2)c2ccc(C3=NC4SC(c5ccc(N(c6ccccc6)c6ccc(CCC(=O)OC)cc6)cc5)=NC4S3)cc2)cc1.COCCOC(=O)CCc1ccc(N(c2ccccc2)c2ccc(C3=NC4SC(c5ccc(N(c6ccccc6)c6ccc(CCC(C)=O)cc6)cc5)=NC4S3)cc2)cc1.O=C=O. The third kappa shape index (κ3) is 21.0. The molecule has 12 aromatic rings. The van der Waals surface area contributed by atoms with Crippen molar-refractivity contribution in [3.05, 3.63) is 360 Å². The zero-order chi connectivity index (χ0) is 81.5. The summed E-state index contributed by atoms with van der Waals surface area (Å²) in [5.41, 5.74) is 21.9. The maximum atomic E-state index is 12.1. The molecule has 4 aliphatic heterocycles. The molecular formula is C98H88N8O8S4. The van der Waals surface area contributed by atoms with Crippen LogP contribution >= 0.6 is 47.0 Å². The van der Waals surface area contributed by atoms with Crippen molar-refractivity contribution in [2.75, 3.05) is 47.0 Å². The average molecular weight is 1630 g/mol. The molecule has 16 rings (SSSR count). The smallest absolute Gasteiger partial charge is 0.373 e. The predicted octanol–water partition coefficient (Wildman–Crippen LogP) is 23.0. The van der Waals surface area contributed by atoms with E-state index in [1.807, 2.05) is 30.3 Å². The van der Waals surface area contributed by atoms with Gasteiger partial charge in [0, 0.05) is 117 Å². The number of thioether (sulfide) groups is 4. The molecule has 118 heavy (non-hydrogen) atoms. The summed E-state index contributed by atoms with van der Waals surface area (Å²) < 4.78 is 15.0. The van der Waals surface area contributed by atoms with Gasteiger partial charge in [-0.25, -0.2) is 0 Å². The maximum Gasteiger partial charge on any atom is 0.373 e. The molecule has 0 aromatic heterocycles. The minimum absolute atomic E-state index is 0.0215. The molecule has 0 saturated heterocycles. The largest absolute Gasteiger partial charge is 0.469 e. The second-order valence-electron chi connectivity index (χ2n) is 28.1. The molecule has 16 nitrogen and oxygen atoms in total. The third-order valence-electron chi connectivity index (χ3n) is 20.0. The third-order valence-corrected chi connectivity index (χ3v) is 25.1. The molecule has 0 spiro atoms. The number of nitrogens with zero attached hydrogens (tertiary/aromatic N) is 8. The van der Waals surface area contributed by atoms with Crippen molar-refractivity contribution in [1.29, 1.82) is 0 Å². The summed E-state index contributed by atoms with van der Waals surface area (Å²) in [6, 6.07) is 110. The number of hydrogen-bond acceptors (Lipinski definition) is 20. The normalized spacial score (nSPS) is 15.4. The van der Waals surface area contributed by atoms with Gasteiger partial charge < -0.3 is 38.6 Å². The quantitative estimate of drug-likeness (QED) is 0.0307. The summed E-state index contributed by atoms with van der Waals surface area (Å²) in [6.45, 7) is 4.53. The first-order valence-corrected chi connectivity index (χ1v) is 42.8. The number of para-hydroxylation sites is 4. The summed E-state index contributed by atoms with van der Waals surface area (Å²) in [7, 11) is 3.02. The van der Waals surface area contributed by atoms with Gasteiger partial charge in [0.15, 0.2) is 0 Å². The number of ether oxygens (including phenoxy) is 3.